The van der Waals surface area contributed by atoms with Gasteiger partial charge in [0.1, 0.15) is 10.6 Å². The zero-order chi connectivity index (χ0) is 13.1. The van der Waals surface area contributed by atoms with Crippen LogP contribution in [0.15, 0.2) is 21.4 Å². The Morgan fingerprint density at radius 1 is 1.72 bits per heavy atom. The fraction of sp³-hybridized carbons (Fsp3) is 0.182. The fourth-order valence-corrected chi connectivity index (χ4v) is 2.75. The van der Waals surface area contributed by atoms with Gasteiger partial charge in [0.05, 0.1) is 6.54 Å². The summed E-state index contributed by atoms with van der Waals surface area (Å²) in [4.78, 5) is 28.9. The summed E-state index contributed by atoms with van der Waals surface area (Å²) in [6, 6.07) is 0. The first kappa shape index (κ1) is 12.7. The number of carbonyl (C=O) groups is 1. The van der Waals surface area contributed by atoms with Crippen molar-refractivity contribution >= 4 is 34.0 Å². The van der Waals surface area contributed by atoms with E-state index in [2.05, 4.69) is 16.2 Å². The third-order valence-corrected chi connectivity index (χ3v) is 3.64. The molecule has 0 fully saturated rings. The number of amides is 1. The van der Waals surface area contributed by atoms with Crippen LogP contribution in [0.5, 0.6) is 0 Å². The number of nitrogens with one attached hydrogen (secondary N) is 1. The Morgan fingerprint density at radius 3 is 3.17 bits per heavy atom. The average Bonchev–Trinajstić information content (AvgIpc) is 2.84. The standard InChI is InChI=1S/C11H9N3O2S2/c1-3-4-12-8(15)7-9(17-2)13-11-14(10(7)16)5-6-18-11/h1,5-6H,4H2,2H3,(H,12,15). The minimum absolute atomic E-state index is 0.0358. The zero-order valence-electron chi connectivity index (χ0n) is 9.47. The van der Waals surface area contributed by atoms with Crippen molar-refractivity contribution in [3.05, 3.63) is 27.5 Å². The van der Waals surface area contributed by atoms with Crippen LogP contribution in [0.25, 0.3) is 4.96 Å². The number of carbonyl (C=O) groups excluding carboxylic acids is 1. The van der Waals surface area contributed by atoms with Crippen LogP contribution in [0.1, 0.15) is 10.4 Å². The number of rotatable bonds is 3. The highest BCUT2D eigenvalue weighted by atomic mass is 32.2. The predicted octanol–water partition coefficient (Wildman–Crippen LogP) is 0.841. The summed E-state index contributed by atoms with van der Waals surface area (Å²) in [5.41, 5.74) is -0.339. The van der Waals surface area contributed by atoms with Gasteiger partial charge in [-0.05, 0) is 6.26 Å². The SMILES string of the molecule is C#CCNC(=O)c1c(SC)nc2sccn2c1=O. The molecule has 0 bridgehead atoms. The quantitative estimate of drug-likeness (QED) is 0.514. The van der Waals surface area contributed by atoms with E-state index in [-0.39, 0.29) is 17.7 Å². The maximum absolute atomic E-state index is 12.2. The molecular formula is C11H9N3O2S2. The van der Waals surface area contributed by atoms with Crippen LogP contribution >= 0.6 is 23.1 Å². The summed E-state index contributed by atoms with van der Waals surface area (Å²) >= 11 is 2.60. The van der Waals surface area contributed by atoms with E-state index in [4.69, 9.17) is 6.42 Å². The van der Waals surface area contributed by atoms with E-state index in [1.807, 2.05) is 0 Å². The molecule has 92 valence electrons. The largest absolute Gasteiger partial charge is 0.341 e. The third-order valence-electron chi connectivity index (χ3n) is 2.20. The van der Waals surface area contributed by atoms with Crippen molar-refractivity contribution in [1.29, 1.82) is 0 Å². The van der Waals surface area contributed by atoms with Gasteiger partial charge in [-0.2, -0.15) is 0 Å². The van der Waals surface area contributed by atoms with Crippen molar-refractivity contribution in [2.24, 2.45) is 0 Å². The molecule has 0 aliphatic rings. The van der Waals surface area contributed by atoms with E-state index in [9.17, 15) is 9.59 Å². The lowest BCUT2D eigenvalue weighted by Crippen LogP contribution is -2.32. The lowest BCUT2D eigenvalue weighted by molar-refractivity contribution is 0.0953. The molecule has 2 aromatic heterocycles. The molecule has 0 spiro atoms. The average molecular weight is 279 g/mol. The molecule has 5 nitrogen and oxygen atoms in total. The molecule has 0 aliphatic heterocycles. The van der Waals surface area contributed by atoms with Crippen molar-refractivity contribution in [1.82, 2.24) is 14.7 Å². The maximum Gasteiger partial charge on any atom is 0.272 e. The van der Waals surface area contributed by atoms with E-state index in [0.29, 0.717) is 9.99 Å². The Morgan fingerprint density at radius 2 is 2.50 bits per heavy atom. The first-order valence-electron chi connectivity index (χ1n) is 4.94. The van der Waals surface area contributed by atoms with E-state index in [1.54, 1.807) is 17.8 Å². The predicted molar refractivity (Wildman–Crippen MR) is 72.3 cm³/mol. The highest BCUT2D eigenvalue weighted by molar-refractivity contribution is 7.98. The number of terminal acetylenes is 1. The fourth-order valence-electron chi connectivity index (χ4n) is 1.42. The van der Waals surface area contributed by atoms with Crippen molar-refractivity contribution in [3.63, 3.8) is 0 Å². The van der Waals surface area contributed by atoms with Crippen LogP contribution in [0, 0.1) is 12.3 Å². The minimum atomic E-state index is -0.490. The first-order valence-corrected chi connectivity index (χ1v) is 7.05. The van der Waals surface area contributed by atoms with Crippen LogP contribution < -0.4 is 10.9 Å². The Balaban J connectivity index is 2.61. The monoisotopic (exact) mass is 279 g/mol. The molecule has 1 amide bonds. The molecule has 0 atom stereocenters. The number of fused-ring (bicyclic) bond motifs is 1. The molecule has 2 heterocycles. The van der Waals surface area contributed by atoms with E-state index in [1.165, 1.54) is 27.5 Å². The summed E-state index contributed by atoms with van der Waals surface area (Å²) in [6.07, 6.45) is 8.43. The van der Waals surface area contributed by atoms with E-state index in [0.717, 1.165) is 0 Å². The molecule has 0 radical (unpaired) electrons. The lowest BCUT2D eigenvalue weighted by atomic mass is 10.3. The first-order chi connectivity index (χ1) is 8.69. The van der Waals surface area contributed by atoms with Crippen LogP contribution in [0.4, 0.5) is 0 Å². The minimum Gasteiger partial charge on any atom is -0.341 e. The van der Waals surface area contributed by atoms with Gasteiger partial charge in [-0.25, -0.2) is 4.98 Å². The number of nitrogens with zero attached hydrogens (tertiary/aromatic N) is 2. The van der Waals surface area contributed by atoms with Crippen LogP contribution in [0.3, 0.4) is 0 Å². The Hall–Kier alpha value is -1.78. The topological polar surface area (TPSA) is 63.5 Å². The summed E-state index contributed by atoms with van der Waals surface area (Å²) in [6.45, 7) is 0.0818. The maximum atomic E-state index is 12.2. The van der Waals surface area contributed by atoms with Gasteiger partial charge in [-0.1, -0.05) is 5.92 Å². The number of thioether (sulfide) groups is 1. The van der Waals surface area contributed by atoms with Crippen LogP contribution in [0.2, 0.25) is 0 Å². The van der Waals surface area contributed by atoms with Gasteiger partial charge in [0, 0.05) is 11.6 Å². The lowest BCUT2D eigenvalue weighted by Gasteiger charge is -2.05. The third kappa shape index (κ3) is 2.12. The van der Waals surface area contributed by atoms with Crippen LogP contribution in [-0.2, 0) is 0 Å². The molecule has 7 heteroatoms. The summed E-state index contributed by atoms with van der Waals surface area (Å²) in [5.74, 6) is 1.80. The molecule has 18 heavy (non-hydrogen) atoms. The molecule has 0 saturated carbocycles. The van der Waals surface area contributed by atoms with E-state index < -0.39 is 5.91 Å². The second-order valence-electron chi connectivity index (χ2n) is 3.24. The molecule has 2 rings (SSSR count). The van der Waals surface area contributed by atoms with Crippen molar-refractivity contribution in [3.8, 4) is 12.3 Å². The summed E-state index contributed by atoms with van der Waals surface area (Å²) in [5, 5.41) is 4.64. The Kier molecular flexibility index (Phi) is 3.69. The highest BCUT2D eigenvalue weighted by Crippen LogP contribution is 2.17. The number of thiazole rings is 1. The highest BCUT2D eigenvalue weighted by Gasteiger charge is 2.19. The molecule has 0 aliphatic carbocycles. The second kappa shape index (κ2) is 5.25. The van der Waals surface area contributed by atoms with Crippen molar-refractivity contribution in [2.75, 3.05) is 12.8 Å². The molecule has 0 unspecified atom stereocenters. The molecule has 0 saturated heterocycles. The molecule has 2 aromatic rings. The number of hydrogen-bond acceptors (Lipinski definition) is 5. The van der Waals surface area contributed by atoms with Crippen molar-refractivity contribution < 1.29 is 4.79 Å². The molecule has 0 aromatic carbocycles. The van der Waals surface area contributed by atoms with Gasteiger partial charge >= 0.3 is 0 Å². The molecular weight excluding hydrogens is 270 g/mol. The van der Waals surface area contributed by atoms with Crippen molar-refractivity contribution in [2.45, 2.75) is 5.03 Å². The Bertz CT molecular complexity index is 696. The summed E-state index contributed by atoms with van der Waals surface area (Å²) < 4.78 is 1.36. The van der Waals surface area contributed by atoms with E-state index >= 15 is 0 Å². The van der Waals surface area contributed by atoms with Gasteiger partial charge in [0.15, 0.2) is 4.96 Å². The number of aromatic nitrogens is 2. The van der Waals surface area contributed by atoms with Gasteiger partial charge < -0.3 is 5.32 Å². The van der Waals surface area contributed by atoms with Gasteiger partial charge in [0.2, 0.25) is 0 Å². The van der Waals surface area contributed by atoms with Gasteiger partial charge in [-0.3, -0.25) is 14.0 Å². The molecule has 1 N–H and O–H groups in total. The van der Waals surface area contributed by atoms with Crippen LogP contribution in [-0.4, -0.2) is 28.1 Å². The number of hydrogen-bond donors (Lipinski definition) is 1. The van der Waals surface area contributed by atoms with Gasteiger partial charge in [0.25, 0.3) is 11.5 Å². The Labute approximate surface area is 111 Å². The smallest absolute Gasteiger partial charge is 0.272 e. The summed E-state index contributed by atoms with van der Waals surface area (Å²) in [7, 11) is 0. The van der Waals surface area contributed by atoms with Gasteiger partial charge in [-0.15, -0.1) is 29.5 Å². The normalized spacial score (nSPS) is 10.2. The zero-order valence-corrected chi connectivity index (χ0v) is 11.1. The second-order valence-corrected chi connectivity index (χ2v) is 4.91.